The Hall–Kier alpha value is -1.42. The van der Waals surface area contributed by atoms with Gasteiger partial charge in [0.15, 0.2) is 9.84 Å². The van der Waals surface area contributed by atoms with Gasteiger partial charge in [-0.25, -0.2) is 16.8 Å². The van der Waals surface area contributed by atoms with Gasteiger partial charge in [-0.2, -0.15) is 4.31 Å². The van der Waals surface area contributed by atoms with Crippen molar-refractivity contribution in [2.45, 2.75) is 16.3 Å². The first-order valence-corrected chi connectivity index (χ1v) is 11.3. The molecule has 0 fully saturated rings. The fourth-order valence-electron chi connectivity index (χ4n) is 2.23. The molecule has 0 N–H and O–H groups in total. The van der Waals surface area contributed by atoms with Gasteiger partial charge < -0.3 is 4.74 Å². The van der Waals surface area contributed by atoms with Crippen LogP contribution in [-0.4, -0.2) is 41.6 Å². The topological polar surface area (TPSA) is 80.8 Å². The third-order valence-corrected chi connectivity index (χ3v) is 7.03. The Kier molecular flexibility index (Phi) is 5.93. The van der Waals surface area contributed by atoms with Crippen LogP contribution >= 0.6 is 15.9 Å². The maximum absolute atomic E-state index is 12.7. The third kappa shape index (κ3) is 4.60. The maximum atomic E-state index is 12.7. The van der Waals surface area contributed by atoms with E-state index in [0.29, 0.717) is 11.3 Å². The standard InChI is InChI=1S/C16H18BrNO5S2/c1-18(11-12-10-13(17)4-9-16(12)23-2)25(21,22)15-7-5-14(6-8-15)24(3,19)20/h4-10H,11H2,1-3H3. The number of methoxy groups -OCH3 is 1. The Morgan fingerprint density at radius 1 is 1.00 bits per heavy atom. The summed E-state index contributed by atoms with van der Waals surface area (Å²) in [6, 6.07) is 10.5. The van der Waals surface area contributed by atoms with Gasteiger partial charge in [-0.1, -0.05) is 15.9 Å². The van der Waals surface area contributed by atoms with Crippen molar-refractivity contribution >= 4 is 35.8 Å². The fourth-order valence-corrected chi connectivity index (χ4v) is 4.42. The highest BCUT2D eigenvalue weighted by Gasteiger charge is 2.22. The molecule has 0 atom stereocenters. The van der Waals surface area contributed by atoms with Crippen LogP contribution in [0.4, 0.5) is 0 Å². The van der Waals surface area contributed by atoms with E-state index in [1.165, 1.54) is 42.7 Å². The molecule has 0 saturated heterocycles. The third-order valence-electron chi connectivity index (χ3n) is 3.60. The summed E-state index contributed by atoms with van der Waals surface area (Å²) < 4.78 is 55.7. The van der Waals surface area contributed by atoms with E-state index in [1.54, 1.807) is 18.2 Å². The van der Waals surface area contributed by atoms with E-state index in [4.69, 9.17) is 4.74 Å². The smallest absolute Gasteiger partial charge is 0.243 e. The molecule has 2 aromatic rings. The molecule has 0 saturated carbocycles. The molecule has 0 radical (unpaired) electrons. The van der Waals surface area contributed by atoms with Crippen LogP contribution in [0.15, 0.2) is 56.7 Å². The Balaban J connectivity index is 2.32. The molecule has 0 aliphatic rings. The quantitative estimate of drug-likeness (QED) is 0.679. The van der Waals surface area contributed by atoms with Gasteiger partial charge >= 0.3 is 0 Å². The Morgan fingerprint density at radius 3 is 2.08 bits per heavy atom. The molecular weight excluding hydrogens is 430 g/mol. The maximum Gasteiger partial charge on any atom is 0.243 e. The first-order valence-electron chi connectivity index (χ1n) is 7.14. The van der Waals surface area contributed by atoms with E-state index in [2.05, 4.69) is 15.9 Å². The summed E-state index contributed by atoms with van der Waals surface area (Å²) in [6.07, 6.45) is 1.07. The van der Waals surface area contributed by atoms with Crippen molar-refractivity contribution in [2.75, 3.05) is 20.4 Å². The van der Waals surface area contributed by atoms with Gasteiger partial charge in [-0.15, -0.1) is 0 Å². The molecular formula is C16H18BrNO5S2. The fraction of sp³-hybridized carbons (Fsp3) is 0.250. The number of benzene rings is 2. The molecule has 2 rings (SSSR count). The van der Waals surface area contributed by atoms with Gasteiger partial charge in [0.1, 0.15) is 5.75 Å². The SMILES string of the molecule is COc1ccc(Br)cc1CN(C)S(=O)(=O)c1ccc(S(C)(=O)=O)cc1. The monoisotopic (exact) mass is 447 g/mol. The van der Waals surface area contributed by atoms with Gasteiger partial charge in [0.25, 0.3) is 0 Å². The molecule has 2 aromatic carbocycles. The van der Waals surface area contributed by atoms with Crippen molar-refractivity contribution < 1.29 is 21.6 Å². The van der Waals surface area contributed by atoms with Crippen LogP contribution in [0.1, 0.15) is 5.56 Å². The van der Waals surface area contributed by atoms with Crippen molar-refractivity contribution in [1.29, 1.82) is 0 Å². The van der Waals surface area contributed by atoms with Gasteiger partial charge in [0, 0.05) is 29.9 Å². The van der Waals surface area contributed by atoms with E-state index >= 15 is 0 Å². The first kappa shape index (κ1) is 19.9. The predicted octanol–water partition coefficient (Wildman–Crippen LogP) is 2.68. The molecule has 0 aromatic heterocycles. The summed E-state index contributed by atoms with van der Waals surface area (Å²) in [5, 5.41) is 0. The highest BCUT2D eigenvalue weighted by molar-refractivity contribution is 9.10. The lowest BCUT2D eigenvalue weighted by Crippen LogP contribution is -2.26. The molecule has 0 heterocycles. The van der Waals surface area contributed by atoms with Crippen LogP contribution in [0.25, 0.3) is 0 Å². The lowest BCUT2D eigenvalue weighted by molar-refractivity contribution is 0.398. The lowest BCUT2D eigenvalue weighted by Gasteiger charge is -2.19. The van der Waals surface area contributed by atoms with Crippen LogP contribution in [0.5, 0.6) is 5.75 Å². The number of sulfonamides is 1. The van der Waals surface area contributed by atoms with Crippen molar-refractivity contribution in [2.24, 2.45) is 0 Å². The first-order chi connectivity index (χ1) is 11.6. The van der Waals surface area contributed by atoms with Crippen LogP contribution < -0.4 is 4.74 Å². The zero-order valence-corrected chi connectivity index (χ0v) is 17.2. The summed E-state index contributed by atoms with van der Waals surface area (Å²) in [4.78, 5) is 0.0964. The number of sulfone groups is 1. The molecule has 0 amide bonds. The van der Waals surface area contributed by atoms with Crippen molar-refractivity contribution in [3.05, 3.63) is 52.5 Å². The predicted molar refractivity (Wildman–Crippen MR) is 98.9 cm³/mol. The summed E-state index contributed by atoms with van der Waals surface area (Å²) in [5.74, 6) is 0.581. The van der Waals surface area contributed by atoms with Gasteiger partial charge in [-0.3, -0.25) is 0 Å². The van der Waals surface area contributed by atoms with Crippen LogP contribution in [-0.2, 0) is 26.4 Å². The van der Waals surface area contributed by atoms with E-state index in [0.717, 1.165) is 10.7 Å². The second-order valence-electron chi connectivity index (χ2n) is 5.46. The highest BCUT2D eigenvalue weighted by atomic mass is 79.9. The second kappa shape index (κ2) is 7.45. The van der Waals surface area contributed by atoms with Crippen LogP contribution in [0.2, 0.25) is 0 Å². The molecule has 9 heteroatoms. The Bertz CT molecular complexity index is 970. The van der Waals surface area contributed by atoms with Crippen molar-refractivity contribution in [3.8, 4) is 5.75 Å². The number of ether oxygens (including phenoxy) is 1. The summed E-state index contributed by atoms with van der Waals surface area (Å²) >= 11 is 3.36. The minimum atomic E-state index is -3.77. The largest absolute Gasteiger partial charge is 0.496 e. The minimum absolute atomic E-state index is 0.0244. The number of halogens is 1. The summed E-state index contributed by atoms with van der Waals surface area (Å²) in [7, 11) is -4.17. The summed E-state index contributed by atoms with van der Waals surface area (Å²) in [6.45, 7) is 0.110. The summed E-state index contributed by atoms with van der Waals surface area (Å²) in [5.41, 5.74) is 0.704. The number of hydrogen-bond donors (Lipinski definition) is 0. The molecule has 0 aliphatic heterocycles. The van der Waals surface area contributed by atoms with Gasteiger partial charge in [-0.05, 0) is 42.5 Å². The average molecular weight is 448 g/mol. The van der Waals surface area contributed by atoms with Crippen molar-refractivity contribution in [1.82, 2.24) is 4.31 Å². The molecule has 0 bridgehead atoms. The van der Waals surface area contributed by atoms with E-state index in [9.17, 15) is 16.8 Å². The second-order valence-corrected chi connectivity index (χ2v) is 10.4. The van der Waals surface area contributed by atoms with Crippen LogP contribution in [0.3, 0.4) is 0 Å². The van der Waals surface area contributed by atoms with Crippen LogP contribution in [0, 0.1) is 0 Å². The molecule has 0 aliphatic carbocycles. The zero-order valence-electron chi connectivity index (χ0n) is 13.9. The normalized spacial score (nSPS) is 12.4. The molecule has 0 spiro atoms. The molecule has 0 unspecified atom stereocenters. The van der Waals surface area contributed by atoms with E-state index in [1.807, 2.05) is 0 Å². The highest BCUT2D eigenvalue weighted by Crippen LogP contribution is 2.26. The molecule has 136 valence electrons. The minimum Gasteiger partial charge on any atom is -0.496 e. The zero-order chi connectivity index (χ0) is 18.8. The number of nitrogens with zero attached hydrogens (tertiary/aromatic N) is 1. The lowest BCUT2D eigenvalue weighted by atomic mass is 10.2. The van der Waals surface area contributed by atoms with E-state index < -0.39 is 19.9 Å². The molecule has 25 heavy (non-hydrogen) atoms. The Morgan fingerprint density at radius 2 is 1.56 bits per heavy atom. The van der Waals surface area contributed by atoms with Crippen molar-refractivity contribution in [3.63, 3.8) is 0 Å². The Labute approximate surface area is 156 Å². The van der Waals surface area contributed by atoms with Gasteiger partial charge in [0.05, 0.1) is 16.9 Å². The molecule has 6 nitrogen and oxygen atoms in total. The van der Waals surface area contributed by atoms with E-state index in [-0.39, 0.29) is 16.3 Å². The van der Waals surface area contributed by atoms with Gasteiger partial charge in [0.2, 0.25) is 10.0 Å². The average Bonchev–Trinajstić information content (AvgIpc) is 2.54. The number of hydrogen-bond acceptors (Lipinski definition) is 5. The number of rotatable bonds is 6.